The molecule has 3 aromatic rings. The number of carboxylic acid groups (broad SMARTS) is 1. The zero-order valence-corrected chi connectivity index (χ0v) is 13.0. The molecule has 0 radical (unpaired) electrons. The largest absolute Gasteiger partial charge is 0.548 e. The standard InChI is InChI=1S/C17H16N4O3/c1-12-4-2-3-5-14(12)11-24-15-8-6-13(7-9-15)17-18-20-21(19-17)10-16(22)23/h2-9H,10-11H2,1H3,(H,22,23)/p-1. The summed E-state index contributed by atoms with van der Waals surface area (Å²) in [4.78, 5) is 11.5. The number of carbonyl (C=O) groups excluding carboxylic acids is 1. The lowest BCUT2D eigenvalue weighted by atomic mass is 10.1. The molecule has 0 atom stereocenters. The normalized spacial score (nSPS) is 10.5. The molecule has 3 rings (SSSR count). The van der Waals surface area contributed by atoms with Gasteiger partial charge in [-0.3, -0.25) is 0 Å². The lowest BCUT2D eigenvalue weighted by Crippen LogP contribution is -2.28. The highest BCUT2D eigenvalue weighted by Crippen LogP contribution is 2.20. The van der Waals surface area contributed by atoms with Gasteiger partial charge in [0, 0.05) is 5.56 Å². The first-order chi connectivity index (χ1) is 11.6. The molecule has 0 unspecified atom stereocenters. The van der Waals surface area contributed by atoms with Gasteiger partial charge in [0.15, 0.2) is 0 Å². The lowest BCUT2D eigenvalue weighted by molar-refractivity contribution is -0.307. The summed E-state index contributed by atoms with van der Waals surface area (Å²) in [6, 6.07) is 15.3. The highest BCUT2D eigenvalue weighted by molar-refractivity contribution is 5.63. The van der Waals surface area contributed by atoms with Gasteiger partial charge in [-0.25, -0.2) is 0 Å². The molecule has 0 aliphatic rings. The van der Waals surface area contributed by atoms with Crippen molar-refractivity contribution in [3.63, 3.8) is 0 Å². The molecule has 2 aromatic carbocycles. The van der Waals surface area contributed by atoms with Gasteiger partial charge in [0.05, 0.1) is 5.97 Å². The molecule has 0 N–H and O–H groups in total. The van der Waals surface area contributed by atoms with Gasteiger partial charge in [0.25, 0.3) is 0 Å². The summed E-state index contributed by atoms with van der Waals surface area (Å²) in [6.07, 6.45) is 0. The highest BCUT2D eigenvalue weighted by Gasteiger charge is 2.06. The molecule has 0 fully saturated rings. The van der Waals surface area contributed by atoms with E-state index in [0.717, 1.165) is 21.7 Å². The fraction of sp³-hybridized carbons (Fsp3) is 0.176. The predicted octanol–water partition coefficient (Wildman–Crippen LogP) is 0.977. The summed E-state index contributed by atoms with van der Waals surface area (Å²) < 4.78 is 5.77. The molecule has 1 aromatic heterocycles. The Morgan fingerprint density at radius 3 is 2.62 bits per heavy atom. The molecule has 0 saturated carbocycles. The molecule has 0 bridgehead atoms. The van der Waals surface area contributed by atoms with Crippen LogP contribution in [0.5, 0.6) is 5.75 Å². The van der Waals surface area contributed by atoms with Crippen LogP contribution in [0.3, 0.4) is 0 Å². The molecular weight excluding hydrogens is 308 g/mol. The third-order valence-corrected chi connectivity index (χ3v) is 3.49. The summed E-state index contributed by atoms with van der Waals surface area (Å²) in [7, 11) is 0. The number of aromatic nitrogens is 4. The Balaban J connectivity index is 1.66. The van der Waals surface area contributed by atoms with Crippen molar-refractivity contribution >= 4 is 5.97 Å². The van der Waals surface area contributed by atoms with Crippen LogP contribution in [-0.4, -0.2) is 26.2 Å². The quantitative estimate of drug-likeness (QED) is 0.671. The van der Waals surface area contributed by atoms with Gasteiger partial charge in [-0.1, -0.05) is 24.3 Å². The fourth-order valence-corrected chi connectivity index (χ4v) is 2.17. The molecule has 24 heavy (non-hydrogen) atoms. The van der Waals surface area contributed by atoms with E-state index < -0.39 is 12.5 Å². The number of hydrogen-bond donors (Lipinski definition) is 0. The van der Waals surface area contributed by atoms with E-state index in [1.807, 2.05) is 43.3 Å². The Kier molecular flexibility index (Phi) is 4.51. The molecule has 1 heterocycles. The third kappa shape index (κ3) is 3.75. The summed E-state index contributed by atoms with van der Waals surface area (Å²) in [5, 5.41) is 22.0. The Morgan fingerprint density at radius 1 is 1.17 bits per heavy atom. The molecule has 0 amide bonds. The fourth-order valence-electron chi connectivity index (χ4n) is 2.17. The van der Waals surface area contributed by atoms with E-state index in [0.29, 0.717) is 12.4 Å². The summed E-state index contributed by atoms with van der Waals surface area (Å²) in [5.74, 6) is -0.190. The van der Waals surface area contributed by atoms with E-state index >= 15 is 0 Å². The number of ether oxygens (including phenoxy) is 1. The van der Waals surface area contributed by atoms with Gasteiger partial charge in [0.2, 0.25) is 5.82 Å². The van der Waals surface area contributed by atoms with Crippen LogP contribution in [0.2, 0.25) is 0 Å². The lowest BCUT2D eigenvalue weighted by Gasteiger charge is -2.08. The summed E-state index contributed by atoms with van der Waals surface area (Å²) >= 11 is 0. The van der Waals surface area contributed by atoms with E-state index in [1.54, 1.807) is 12.1 Å². The van der Waals surface area contributed by atoms with Gasteiger partial charge in [0.1, 0.15) is 18.9 Å². The van der Waals surface area contributed by atoms with Gasteiger partial charge >= 0.3 is 0 Å². The minimum atomic E-state index is -1.26. The van der Waals surface area contributed by atoms with Crippen LogP contribution >= 0.6 is 0 Å². The third-order valence-electron chi connectivity index (χ3n) is 3.49. The van der Waals surface area contributed by atoms with E-state index in [-0.39, 0.29) is 0 Å². The molecule has 0 aliphatic heterocycles. The van der Waals surface area contributed by atoms with Crippen LogP contribution in [0.25, 0.3) is 11.4 Å². The number of aryl methyl sites for hydroxylation is 1. The Bertz CT molecular complexity index is 843. The van der Waals surface area contributed by atoms with Crippen molar-refractivity contribution < 1.29 is 14.6 Å². The number of tetrazole rings is 1. The maximum atomic E-state index is 10.5. The number of nitrogens with zero attached hydrogens (tertiary/aromatic N) is 4. The molecule has 0 saturated heterocycles. The second-order valence-corrected chi connectivity index (χ2v) is 5.25. The van der Waals surface area contributed by atoms with E-state index in [4.69, 9.17) is 4.74 Å². The van der Waals surface area contributed by atoms with Crippen LogP contribution in [-0.2, 0) is 17.9 Å². The van der Waals surface area contributed by atoms with Crippen molar-refractivity contribution in [3.05, 3.63) is 59.7 Å². The first kappa shape index (κ1) is 15.7. The van der Waals surface area contributed by atoms with Crippen molar-refractivity contribution in [1.82, 2.24) is 20.2 Å². The topological polar surface area (TPSA) is 93.0 Å². The first-order valence-electron chi connectivity index (χ1n) is 7.37. The minimum absolute atomic E-state index is 0.349. The van der Waals surface area contributed by atoms with Gasteiger partial charge < -0.3 is 14.6 Å². The first-order valence-corrected chi connectivity index (χ1v) is 7.37. The maximum absolute atomic E-state index is 10.5. The Labute approximate surface area is 138 Å². The molecular formula is C17H15N4O3-. The molecule has 0 aliphatic carbocycles. The molecule has 7 heteroatoms. The predicted molar refractivity (Wildman–Crippen MR) is 83.8 cm³/mol. The second-order valence-electron chi connectivity index (χ2n) is 5.25. The highest BCUT2D eigenvalue weighted by atomic mass is 16.5. The Morgan fingerprint density at radius 2 is 1.92 bits per heavy atom. The average Bonchev–Trinajstić information content (AvgIpc) is 3.02. The smallest absolute Gasteiger partial charge is 0.204 e. The number of carbonyl (C=O) groups is 1. The van der Waals surface area contributed by atoms with Crippen LogP contribution in [0.1, 0.15) is 11.1 Å². The van der Waals surface area contributed by atoms with Crippen LogP contribution in [0.4, 0.5) is 0 Å². The van der Waals surface area contributed by atoms with Gasteiger partial charge in [-0.15, -0.1) is 10.2 Å². The van der Waals surface area contributed by atoms with Crippen molar-refractivity contribution in [2.75, 3.05) is 0 Å². The van der Waals surface area contributed by atoms with Crippen LogP contribution < -0.4 is 9.84 Å². The summed E-state index contributed by atoms with van der Waals surface area (Å²) in [5.41, 5.74) is 3.04. The van der Waals surface area contributed by atoms with Crippen LogP contribution in [0, 0.1) is 6.92 Å². The zero-order chi connectivity index (χ0) is 16.9. The molecule has 0 spiro atoms. The van der Waals surface area contributed by atoms with E-state index in [9.17, 15) is 9.90 Å². The minimum Gasteiger partial charge on any atom is -0.548 e. The molecule has 7 nitrogen and oxygen atoms in total. The number of rotatable bonds is 6. The van der Waals surface area contributed by atoms with Crippen molar-refractivity contribution in [2.24, 2.45) is 0 Å². The Hall–Kier alpha value is -3.22. The zero-order valence-electron chi connectivity index (χ0n) is 13.0. The monoisotopic (exact) mass is 323 g/mol. The van der Waals surface area contributed by atoms with Crippen molar-refractivity contribution in [3.8, 4) is 17.1 Å². The van der Waals surface area contributed by atoms with Crippen molar-refractivity contribution in [2.45, 2.75) is 20.1 Å². The van der Waals surface area contributed by atoms with E-state index in [1.165, 1.54) is 5.56 Å². The van der Waals surface area contributed by atoms with E-state index in [2.05, 4.69) is 15.4 Å². The summed E-state index contributed by atoms with van der Waals surface area (Å²) in [6.45, 7) is 2.11. The average molecular weight is 323 g/mol. The van der Waals surface area contributed by atoms with Gasteiger partial charge in [-0.2, -0.15) is 4.80 Å². The van der Waals surface area contributed by atoms with Gasteiger partial charge in [-0.05, 0) is 47.5 Å². The number of aliphatic carboxylic acids is 1. The maximum Gasteiger partial charge on any atom is 0.204 e. The number of hydrogen-bond acceptors (Lipinski definition) is 6. The SMILES string of the molecule is Cc1ccccc1COc1ccc(-c2nnn(CC(=O)[O-])n2)cc1. The van der Waals surface area contributed by atoms with Crippen molar-refractivity contribution in [1.29, 1.82) is 0 Å². The second kappa shape index (κ2) is 6.91. The molecule has 122 valence electrons. The number of carboxylic acids is 1. The van der Waals surface area contributed by atoms with Crippen LogP contribution in [0.15, 0.2) is 48.5 Å². The number of benzene rings is 2.